The van der Waals surface area contributed by atoms with Crippen molar-refractivity contribution >= 4 is 21.4 Å². The molecule has 0 saturated heterocycles. The van der Waals surface area contributed by atoms with Crippen molar-refractivity contribution in [1.29, 1.82) is 0 Å². The molecule has 0 aliphatic rings. The number of fused-ring (bicyclic) bond motifs is 1. The van der Waals surface area contributed by atoms with Gasteiger partial charge in [0.2, 0.25) is 0 Å². The van der Waals surface area contributed by atoms with E-state index >= 15 is 0 Å². The quantitative estimate of drug-likeness (QED) is 0.703. The predicted octanol–water partition coefficient (Wildman–Crippen LogP) is 3.39. The van der Waals surface area contributed by atoms with E-state index in [0.717, 1.165) is 4.47 Å². The lowest BCUT2D eigenvalue weighted by Crippen LogP contribution is -2.10. The minimum absolute atomic E-state index is 0.148. The molecule has 0 unspecified atom stereocenters. The van der Waals surface area contributed by atoms with Crippen molar-refractivity contribution in [3.8, 4) is 0 Å². The number of nitrogens with zero attached hydrogens (tertiary/aromatic N) is 2. The van der Waals surface area contributed by atoms with Crippen LogP contribution in [0.5, 0.6) is 0 Å². The van der Waals surface area contributed by atoms with Crippen molar-refractivity contribution in [3.63, 3.8) is 0 Å². The van der Waals surface area contributed by atoms with Gasteiger partial charge in [0.15, 0.2) is 0 Å². The summed E-state index contributed by atoms with van der Waals surface area (Å²) < 4.78 is 2.96. The third kappa shape index (κ3) is 1.57. The summed E-state index contributed by atoms with van der Waals surface area (Å²) in [4.78, 5) is 0. The lowest BCUT2D eigenvalue weighted by atomic mass is 9.88. The second-order valence-electron chi connectivity index (χ2n) is 4.49. The van der Waals surface area contributed by atoms with Gasteiger partial charge in [-0.1, -0.05) is 20.8 Å². The number of halogens is 1. The van der Waals surface area contributed by atoms with Gasteiger partial charge in [0.05, 0.1) is 11.7 Å². The van der Waals surface area contributed by atoms with E-state index in [-0.39, 0.29) is 5.41 Å². The van der Waals surface area contributed by atoms with Gasteiger partial charge in [-0.2, -0.15) is 5.10 Å². The summed E-state index contributed by atoms with van der Waals surface area (Å²) in [6.07, 6.45) is 3.92. The molecule has 2 nitrogen and oxygen atoms in total. The minimum atomic E-state index is 0.148. The van der Waals surface area contributed by atoms with E-state index in [0.29, 0.717) is 0 Å². The molecule has 0 saturated carbocycles. The van der Waals surface area contributed by atoms with Crippen molar-refractivity contribution < 1.29 is 0 Å². The highest BCUT2D eigenvalue weighted by molar-refractivity contribution is 9.10. The summed E-state index contributed by atoms with van der Waals surface area (Å²) in [6, 6.07) is 4.14. The Morgan fingerprint density at radius 1 is 1.29 bits per heavy atom. The van der Waals surface area contributed by atoms with Crippen molar-refractivity contribution in [3.05, 3.63) is 34.6 Å². The summed E-state index contributed by atoms with van der Waals surface area (Å²) in [5, 5.41) is 4.33. The third-order valence-corrected chi connectivity index (χ3v) is 2.76. The Morgan fingerprint density at radius 3 is 2.64 bits per heavy atom. The van der Waals surface area contributed by atoms with Crippen LogP contribution in [0.1, 0.15) is 26.3 Å². The summed E-state index contributed by atoms with van der Waals surface area (Å²) in [7, 11) is 0. The van der Waals surface area contributed by atoms with E-state index in [4.69, 9.17) is 0 Å². The molecule has 0 amide bonds. The first-order chi connectivity index (χ1) is 6.48. The van der Waals surface area contributed by atoms with Crippen LogP contribution in [-0.2, 0) is 5.41 Å². The molecule has 2 rings (SSSR count). The predicted molar refractivity (Wildman–Crippen MR) is 61.6 cm³/mol. The van der Waals surface area contributed by atoms with Crippen molar-refractivity contribution in [2.45, 2.75) is 26.2 Å². The van der Waals surface area contributed by atoms with Crippen molar-refractivity contribution in [2.75, 3.05) is 0 Å². The van der Waals surface area contributed by atoms with E-state index in [1.807, 2.05) is 23.0 Å². The summed E-state index contributed by atoms with van der Waals surface area (Å²) in [6.45, 7) is 6.60. The number of rotatable bonds is 0. The van der Waals surface area contributed by atoms with Crippen LogP contribution in [0.4, 0.5) is 0 Å². The Labute approximate surface area is 92.1 Å². The molecule has 0 aromatic carbocycles. The van der Waals surface area contributed by atoms with Gasteiger partial charge in [-0.3, -0.25) is 0 Å². The molecular weight excluding hydrogens is 240 g/mol. The second-order valence-corrected chi connectivity index (χ2v) is 5.40. The highest BCUT2D eigenvalue weighted by Gasteiger charge is 2.18. The molecule has 2 aromatic heterocycles. The summed E-state index contributed by atoms with van der Waals surface area (Å²) in [5.41, 5.74) is 2.61. The van der Waals surface area contributed by atoms with Gasteiger partial charge < -0.3 is 0 Å². The average molecular weight is 253 g/mol. The Morgan fingerprint density at radius 2 is 2.00 bits per heavy atom. The van der Waals surface area contributed by atoms with Crippen LogP contribution in [0.15, 0.2) is 29.0 Å². The van der Waals surface area contributed by atoms with E-state index in [1.165, 1.54) is 11.1 Å². The second kappa shape index (κ2) is 3.09. The SMILES string of the molecule is CC(C)(C)c1cnn2cc(Br)ccc12. The van der Waals surface area contributed by atoms with Gasteiger partial charge in [-0.15, -0.1) is 0 Å². The first kappa shape index (κ1) is 9.71. The number of hydrogen-bond acceptors (Lipinski definition) is 1. The fourth-order valence-corrected chi connectivity index (χ4v) is 1.86. The number of pyridine rings is 1. The zero-order chi connectivity index (χ0) is 10.3. The molecule has 74 valence electrons. The van der Waals surface area contributed by atoms with Crippen LogP contribution < -0.4 is 0 Å². The fourth-order valence-electron chi connectivity index (χ4n) is 1.54. The summed E-state index contributed by atoms with van der Waals surface area (Å²) in [5.74, 6) is 0. The molecule has 2 aromatic rings. The molecular formula is C11H13BrN2. The van der Waals surface area contributed by atoms with E-state index in [9.17, 15) is 0 Å². The van der Waals surface area contributed by atoms with Crippen LogP contribution >= 0.6 is 15.9 Å². The molecule has 0 radical (unpaired) electrons. The zero-order valence-electron chi connectivity index (χ0n) is 8.58. The van der Waals surface area contributed by atoms with Gasteiger partial charge in [-0.25, -0.2) is 4.52 Å². The Hall–Kier alpha value is -0.830. The molecule has 0 atom stereocenters. The Bertz CT molecular complexity index is 466. The lowest BCUT2D eigenvalue weighted by Gasteiger charge is -2.16. The first-order valence-corrected chi connectivity index (χ1v) is 5.41. The third-order valence-electron chi connectivity index (χ3n) is 2.29. The van der Waals surface area contributed by atoms with Crippen LogP contribution in [0.2, 0.25) is 0 Å². The van der Waals surface area contributed by atoms with Crippen LogP contribution in [0.25, 0.3) is 5.52 Å². The van der Waals surface area contributed by atoms with E-state index in [1.54, 1.807) is 0 Å². The minimum Gasteiger partial charge on any atom is -0.240 e. The zero-order valence-corrected chi connectivity index (χ0v) is 10.2. The molecule has 3 heteroatoms. The van der Waals surface area contributed by atoms with Gasteiger partial charge in [0.1, 0.15) is 0 Å². The van der Waals surface area contributed by atoms with Crippen molar-refractivity contribution in [1.82, 2.24) is 9.61 Å². The van der Waals surface area contributed by atoms with Gasteiger partial charge in [0.25, 0.3) is 0 Å². The molecule has 0 bridgehead atoms. The molecule has 0 aliphatic carbocycles. The number of hydrogen-bond donors (Lipinski definition) is 0. The molecule has 2 heterocycles. The largest absolute Gasteiger partial charge is 0.240 e. The van der Waals surface area contributed by atoms with Crippen LogP contribution in [0.3, 0.4) is 0 Å². The maximum absolute atomic E-state index is 4.33. The number of aromatic nitrogens is 2. The Balaban J connectivity index is 2.70. The maximum atomic E-state index is 4.33. The Kier molecular flexibility index (Phi) is 2.14. The van der Waals surface area contributed by atoms with Crippen molar-refractivity contribution in [2.24, 2.45) is 0 Å². The monoisotopic (exact) mass is 252 g/mol. The maximum Gasteiger partial charge on any atom is 0.0699 e. The summed E-state index contributed by atoms with van der Waals surface area (Å²) >= 11 is 3.43. The van der Waals surface area contributed by atoms with E-state index < -0.39 is 0 Å². The van der Waals surface area contributed by atoms with Gasteiger partial charge >= 0.3 is 0 Å². The average Bonchev–Trinajstić information content (AvgIpc) is 2.45. The normalized spacial score (nSPS) is 12.3. The molecule has 0 aliphatic heterocycles. The molecule has 0 spiro atoms. The smallest absolute Gasteiger partial charge is 0.0699 e. The molecule has 0 N–H and O–H groups in total. The standard InChI is InChI=1S/C11H13BrN2/c1-11(2,3)9-6-13-14-7-8(12)4-5-10(9)14/h4-7H,1-3H3. The fraction of sp³-hybridized carbons (Fsp3) is 0.364. The lowest BCUT2D eigenvalue weighted by molar-refractivity contribution is 0.595. The van der Waals surface area contributed by atoms with E-state index in [2.05, 4.69) is 47.9 Å². The molecule has 14 heavy (non-hydrogen) atoms. The van der Waals surface area contributed by atoms with Crippen LogP contribution in [0, 0.1) is 0 Å². The van der Waals surface area contributed by atoms with Gasteiger partial charge in [-0.05, 0) is 33.5 Å². The highest BCUT2D eigenvalue weighted by atomic mass is 79.9. The van der Waals surface area contributed by atoms with Crippen LogP contribution in [-0.4, -0.2) is 9.61 Å². The van der Waals surface area contributed by atoms with Gasteiger partial charge in [0, 0.05) is 16.2 Å². The topological polar surface area (TPSA) is 17.3 Å². The molecule has 0 fully saturated rings. The highest BCUT2D eigenvalue weighted by Crippen LogP contribution is 2.26. The first-order valence-electron chi connectivity index (χ1n) is 4.62.